The SMILES string of the molecule is COc1cccc(-c2[nH]c3c(C)ccc(C(=O)O)c3c2CCCCN)c1. The molecule has 4 N–H and O–H groups in total. The lowest BCUT2D eigenvalue weighted by molar-refractivity contribution is 0.0699. The zero-order valence-electron chi connectivity index (χ0n) is 15.1. The van der Waals surface area contributed by atoms with Crippen LogP contribution in [0.25, 0.3) is 22.2 Å². The predicted molar refractivity (Wildman–Crippen MR) is 104 cm³/mol. The predicted octanol–water partition coefficient (Wildman–Crippen LogP) is 4.13. The molecule has 3 rings (SSSR count). The van der Waals surface area contributed by atoms with Crippen LogP contribution in [-0.2, 0) is 6.42 Å². The molecular formula is C21H24N2O3. The van der Waals surface area contributed by atoms with Crippen LogP contribution in [0.15, 0.2) is 36.4 Å². The maximum Gasteiger partial charge on any atom is 0.336 e. The zero-order valence-corrected chi connectivity index (χ0v) is 15.1. The van der Waals surface area contributed by atoms with Gasteiger partial charge in [-0.2, -0.15) is 0 Å². The quantitative estimate of drug-likeness (QED) is 0.558. The monoisotopic (exact) mass is 352 g/mol. The van der Waals surface area contributed by atoms with Crippen molar-refractivity contribution in [1.82, 2.24) is 4.98 Å². The molecule has 0 bridgehead atoms. The molecule has 0 amide bonds. The number of carbonyl (C=O) groups is 1. The van der Waals surface area contributed by atoms with Gasteiger partial charge in [0.1, 0.15) is 5.75 Å². The van der Waals surface area contributed by atoms with E-state index in [9.17, 15) is 9.90 Å². The second kappa shape index (κ2) is 7.62. The van der Waals surface area contributed by atoms with E-state index in [-0.39, 0.29) is 0 Å². The Hall–Kier alpha value is -2.79. The van der Waals surface area contributed by atoms with Crippen molar-refractivity contribution in [2.45, 2.75) is 26.2 Å². The van der Waals surface area contributed by atoms with E-state index < -0.39 is 5.97 Å². The fraction of sp³-hybridized carbons (Fsp3) is 0.286. The van der Waals surface area contributed by atoms with Crippen LogP contribution in [0.2, 0.25) is 0 Å². The highest BCUT2D eigenvalue weighted by Gasteiger charge is 2.20. The molecule has 0 spiro atoms. The number of H-pyrrole nitrogens is 1. The minimum atomic E-state index is -0.911. The topological polar surface area (TPSA) is 88.3 Å². The van der Waals surface area contributed by atoms with Gasteiger partial charge >= 0.3 is 5.97 Å². The Balaban J connectivity index is 2.26. The zero-order chi connectivity index (χ0) is 18.7. The lowest BCUT2D eigenvalue weighted by Gasteiger charge is -2.08. The summed E-state index contributed by atoms with van der Waals surface area (Å²) in [6.45, 7) is 2.62. The largest absolute Gasteiger partial charge is 0.497 e. The summed E-state index contributed by atoms with van der Waals surface area (Å²) in [5.74, 6) is -0.143. The van der Waals surface area contributed by atoms with Crippen molar-refractivity contribution in [2.75, 3.05) is 13.7 Å². The number of hydrogen-bond acceptors (Lipinski definition) is 3. The van der Waals surface area contributed by atoms with E-state index in [4.69, 9.17) is 10.5 Å². The summed E-state index contributed by atoms with van der Waals surface area (Å²) in [6, 6.07) is 11.3. The van der Waals surface area contributed by atoms with Crippen LogP contribution < -0.4 is 10.5 Å². The lowest BCUT2D eigenvalue weighted by atomic mass is 9.96. The number of aryl methyl sites for hydroxylation is 2. The molecule has 0 saturated carbocycles. The highest BCUT2D eigenvalue weighted by molar-refractivity contribution is 6.07. The highest BCUT2D eigenvalue weighted by Crippen LogP contribution is 2.36. The number of carboxylic acids is 1. The molecule has 5 nitrogen and oxygen atoms in total. The Morgan fingerprint density at radius 3 is 2.73 bits per heavy atom. The van der Waals surface area contributed by atoms with Gasteiger partial charge in [-0.25, -0.2) is 4.79 Å². The van der Waals surface area contributed by atoms with Crippen LogP contribution >= 0.6 is 0 Å². The van der Waals surface area contributed by atoms with Crippen LogP contribution in [0, 0.1) is 6.92 Å². The molecule has 5 heteroatoms. The first-order valence-electron chi connectivity index (χ1n) is 8.78. The molecule has 0 aliphatic heterocycles. The molecule has 0 unspecified atom stereocenters. The second-order valence-electron chi connectivity index (χ2n) is 6.44. The average Bonchev–Trinajstić information content (AvgIpc) is 3.02. The first-order chi connectivity index (χ1) is 12.6. The molecule has 136 valence electrons. The van der Waals surface area contributed by atoms with Gasteiger partial charge in [0, 0.05) is 22.2 Å². The van der Waals surface area contributed by atoms with E-state index in [0.717, 1.165) is 58.3 Å². The van der Waals surface area contributed by atoms with Crippen LogP contribution in [0.3, 0.4) is 0 Å². The van der Waals surface area contributed by atoms with E-state index in [2.05, 4.69) is 4.98 Å². The number of carboxylic acid groups (broad SMARTS) is 1. The molecule has 0 aliphatic carbocycles. The average molecular weight is 352 g/mol. The van der Waals surface area contributed by atoms with E-state index in [1.165, 1.54) is 0 Å². The Morgan fingerprint density at radius 2 is 2.04 bits per heavy atom. The van der Waals surface area contributed by atoms with Crippen molar-refractivity contribution < 1.29 is 14.6 Å². The summed E-state index contributed by atoms with van der Waals surface area (Å²) in [4.78, 5) is 15.3. The van der Waals surface area contributed by atoms with Gasteiger partial charge < -0.3 is 20.6 Å². The normalized spacial score (nSPS) is 11.0. The Labute approximate surface area is 152 Å². The second-order valence-corrected chi connectivity index (χ2v) is 6.44. The minimum absolute atomic E-state index is 0.332. The molecule has 0 saturated heterocycles. The van der Waals surface area contributed by atoms with Gasteiger partial charge in [-0.3, -0.25) is 0 Å². The summed E-state index contributed by atoms with van der Waals surface area (Å²) in [6.07, 6.45) is 2.58. The third-order valence-corrected chi connectivity index (χ3v) is 4.74. The van der Waals surface area contributed by atoms with E-state index in [1.807, 2.05) is 37.3 Å². The molecule has 0 atom stereocenters. The van der Waals surface area contributed by atoms with Crippen molar-refractivity contribution >= 4 is 16.9 Å². The number of aromatic nitrogens is 1. The van der Waals surface area contributed by atoms with E-state index in [1.54, 1.807) is 13.2 Å². The number of methoxy groups -OCH3 is 1. The molecule has 2 aromatic carbocycles. The van der Waals surface area contributed by atoms with E-state index in [0.29, 0.717) is 12.1 Å². The number of ether oxygens (including phenoxy) is 1. The van der Waals surface area contributed by atoms with Gasteiger partial charge in [-0.05, 0) is 62.1 Å². The van der Waals surface area contributed by atoms with E-state index >= 15 is 0 Å². The van der Waals surface area contributed by atoms with Crippen molar-refractivity contribution in [3.8, 4) is 17.0 Å². The number of benzene rings is 2. The van der Waals surface area contributed by atoms with Gasteiger partial charge in [-0.1, -0.05) is 18.2 Å². The fourth-order valence-electron chi connectivity index (χ4n) is 3.41. The number of aromatic amines is 1. The first kappa shape index (κ1) is 18.0. The molecule has 3 aromatic rings. The number of fused-ring (bicyclic) bond motifs is 1. The van der Waals surface area contributed by atoms with Crippen molar-refractivity contribution in [3.05, 3.63) is 53.1 Å². The highest BCUT2D eigenvalue weighted by atomic mass is 16.5. The molecule has 0 fully saturated rings. The summed E-state index contributed by atoms with van der Waals surface area (Å²) < 4.78 is 5.35. The Bertz CT molecular complexity index is 944. The number of hydrogen-bond donors (Lipinski definition) is 3. The molecule has 0 aliphatic rings. The first-order valence-corrected chi connectivity index (χ1v) is 8.78. The van der Waals surface area contributed by atoms with Gasteiger partial charge in [0.25, 0.3) is 0 Å². The van der Waals surface area contributed by atoms with Gasteiger partial charge in [0.2, 0.25) is 0 Å². The Kier molecular flexibility index (Phi) is 5.28. The molecule has 1 aromatic heterocycles. The summed E-state index contributed by atoms with van der Waals surface area (Å²) in [7, 11) is 1.64. The van der Waals surface area contributed by atoms with Gasteiger partial charge in [0.15, 0.2) is 0 Å². The summed E-state index contributed by atoms with van der Waals surface area (Å²) >= 11 is 0. The number of aromatic carboxylic acids is 1. The van der Waals surface area contributed by atoms with Crippen LogP contribution in [-0.4, -0.2) is 29.7 Å². The van der Waals surface area contributed by atoms with Crippen LogP contribution in [0.1, 0.15) is 34.3 Å². The smallest absolute Gasteiger partial charge is 0.336 e. The van der Waals surface area contributed by atoms with Gasteiger partial charge in [-0.15, -0.1) is 0 Å². The number of rotatable bonds is 7. The van der Waals surface area contributed by atoms with Gasteiger partial charge in [0.05, 0.1) is 12.7 Å². The molecule has 1 heterocycles. The molecule has 26 heavy (non-hydrogen) atoms. The van der Waals surface area contributed by atoms with Crippen LogP contribution in [0.5, 0.6) is 5.75 Å². The number of nitrogens with two attached hydrogens (primary N) is 1. The van der Waals surface area contributed by atoms with Crippen molar-refractivity contribution in [2.24, 2.45) is 5.73 Å². The maximum atomic E-state index is 11.8. The standard InChI is InChI=1S/C21H24N2O3/c1-13-9-10-17(21(24)25)18-16(8-3-4-11-22)20(23-19(13)18)14-6-5-7-15(12-14)26-2/h5-7,9-10,12,23H,3-4,8,11,22H2,1-2H3,(H,24,25). The molecular weight excluding hydrogens is 328 g/mol. The summed E-state index contributed by atoms with van der Waals surface area (Å²) in [5.41, 5.74) is 10.9. The third-order valence-electron chi connectivity index (χ3n) is 4.74. The maximum absolute atomic E-state index is 11.8. The van der Waals surface area contributed by atoms with Crippen molar-refractivity contribution in [3.63, 3.8) is 0 Å². The fourth-order valence-corrected chi connectivity index (χ4v) is 3.41. The minimum Gasteiger partial charge on any atom is -0.497 e. The summed E-state index contributed by atoms with van der Waals surface area (Å²) in [5, 5.41) is 10.5. The lowest BCUT2D eigenvalue weighted by Crippen LogP contribution is -2.01. The number of nitrogens with one attached hydrogen (secondary N) is 1. The van der Waals surface area contributed by atoms with Crippen molar-refractivity contribution in [1.29, 1.82) is 0 Å². The molecule has 0 radical (unpaired) electrons. The third kappa shape index (κ3) is 3.30. The Morgan fingerprint density at radius 1 is 1.23 bits per heavy atom. The number of unbranched alkanes of at least 4 members (excludes halogenated alkanes) is 1. The van der Waals surface area contributed by atoms with Crippen LogP contribution in [0.4, 0.5) is 0 Å².